The van der Waals surface area contributed by atoms with Crippen LogP contribution >= 0.6 is 0 Å². The van der Waals surface area contributed by atoms with E-state index in [1.165, 1.54) is 31.5 Å². The summed E-state index contributed by atoms with van der Waals surface area (Å²) in [5.74, 6) is 0. The second kappa shape index (κ2) is 5.52. The fraction of sp³-hybridized carbons (Fsp3) is 0.571. The first-order chi connectivity index (χ1) is 8.15. The van der Waals surface area contributed by atoms with Gasteiger partial charge in [0.2, 0.25) is 0 Å². The van der Waals surface area contributed by atoms with Crippen molar-refractivity contribution in [2.24, 2.45) is 0 Å². The fourth-order valence-electron chi connectivity index (χ4n) is 2.48. The lowest BCUT2D eigenvalue weighted by atomic mass is 10.0. The molecule has 1 aliphatic heterocycles. The predicted molar refractivity (Wildman–Crippen MR) is 72.8 cm³/mol. The zero-order valence-electron chi connectivity index (χ0n) is 10.9. The van der Waals surface area contributed by atoms with Crippen LogP contribution in [0.5, 0.6) is 0 Å². The molecule has 1 aliphatic rings. The highest BCUT2D eigenvalue weighted by molar-refractivity contribution is 5.39. The van der Waals surface area contributed by atoms with Crippen molar-refractivity contribution in [2.45, 2.75) is 25.4 Å². The van der Waals surface area contributed by atoms with Gasteiger partial charge in [0.25, 0.3) is 0 Å². The molecule has 1 fully saturated rings. The smallest absolute Gasteiger partial charge is 0.0314 e. The van der Waals surface area contributed by atoms with Crippen LogP contribution in [-0.2, 0) is 6.54 Å². The Labute approximate surface area is 104 Å². The van der Waals surface area contributed by atoms with E-state index in [4.69, 9.17) is 5.73 Å². The molecule has 3 nitrogen and oxygen atoms in total. The molecular weight excluding hydrogens is 210 g/mol. The molecule has 0 radical (unpaired) electrons. The molecule has 0 amide bonds. The molecule has 1 heterocycles. The minimum atomic E-state index is 0.762. The minimum Gasteiger partial charge on any atom is -0.399 e. The molecular formula is C14H23N3. The molecule has 1 aromatic carbocycles. The van der Waals surface area contributed by atoms with Crippen LogP contribution in [-0.4, -0.2) is 43.0 Å². The van der Waals surface area contributed by atoms with Gasteiger partial charge in [0.05, 0.1) is 0 Å². The second-order valence-electron chi connectivity index (χ2n) is 5.21. The quantitative estimate of drug-likeness (QED) is 0.808. The summed E-state index contributed by atoms with van der Waals surface area (Å²) in [5, 5.41) is 0. The van der Waals surface area contributed by atoms with Gasteiger partial charge in [-0.2, -0.15) is 0 Å². The molecule has 0 spiro atoms. The zero-order valence-corrected chi connectivity index (χ0v) is 10.9. The Bertz CT molecular complexity index is 337. The maximum Gasteiger partial charge on any atom is 0.0314 e. The Morgan fingerprint density at radius 3 is 2.29 bits per heavy atom. The normalized spacial score (nSPS) is 18.8. The third-order valence-electron chi connectivity index (χ3n) is 3.67. The summed E-state index contributed by atoms with van der Waals surface area (Å²) in [6.07, 6.45) is 2.56. The molecule has 2 rings (SSSR count). The van der Waals surface area contributed by atoms with Crippen LogP contribution in [0.15, 0.2) is 24.3 Å². The zero-order chi connectivity index (χ0) is 12.3. The van der Waals surface area contributed by atoms with Crippen molar-refractivity contribution in [2.75, 3.05) is 32.9 Å². The van der Waals surface area contributed by atoms with Gasteiger partial charge in [0, 0.05) is 18.3 Å². The Morgan fingerprint density at radius 1 is 1.18 bits per heavy atom. The summed E-state index contributed by atoms with van der Waals surface area (Å²) in [7, 11) is 4.36. The molecule has 94 valence electrons. The summed E-state index contributed by atoms with van der Waals surface area (Å²) in [6, 6.07) is 9.00. The Balaban J connectivity index is 1.84. The molecule has 2 N–H and O–H groups in total. The number of likely N-dealkylation sites (tertiary alicyclic amines) is 1. The standard InChI is InChI=1S/C14H23N3/c1-16(2)14-7-9-17(10-8-14)11-12-3-5-13(15)6-4-12/h3-6,14H,7-11,15H2,1-2H3. The number of nitrogen functional groups attached to an aromatic ring is 1. The molecule has 1 saturated heterocycles. The van der Waals surface area contributed by atoms with Gasteiger partial charge in [-0.3, -0.25) is 4.90 Å². The SMILES string of the molecule is CN(C)C1CCN(Cc2ccc(N)cc2)CC1. The Kier molecular flexibility index (Phi) is 4.02. The highest BCUT2D eigenvalue weighted by atomic mass is 15.2. The van der Waals surface area contributed by atoms with Gasteiger partial charge >= 0.3 is 0 Å². The van der Waals surface area contributed by atoms with E-state index in [2.05, 4.69) is 36.0 Å². The van der Waals surface area contributed by atoms with Crippen LogP contribution in [0, 0.1) is 0 Å². The van der Waals surface area contributed by atoms with E-state index in [-0.39, 0.29) is 0 Å². The molecule has 3 heteroatoms. The van der Waals surface area contributed by atoms with Crippen molar-refractivity contribution in [1.82, 2.24) is 9.80 Å². The lowest BCUT2D eigenvalue weighted by Crippen LogP contribution is -2.41. The largest absolute Gasteiger partial charge is 0.399 e. The summed E-state index contributed by atoms with van der Waals surface area (Å²) >= 11 is 0. The van der Waals surface area contributed by atoms with E-state index < -0.39 is 0 Å². The van der Waals surface area contributed by atoms with Crippen LogP contribution in [0.25, 0.3) is 0 Å². The highest BCUT2D eigenvalue weighted by Crippen LogP contribution is 2.17. The van der Waals surface area contributed by atoms with Gasteiger partial charge in [-0.15, -0.1) is 0 Å². The molecule has 0 saturated carbocycles. The molecule has 0 aliphatic carbocycles. The van der Waals surface area contributed by atoms with Crippen molar-refractivity contribution in [1.29, 1.82) is 0 Å². The molecule has 0 aromatic heterocycles. The summed E-state index contributed by atoms with van der Waals surface area (Å²) in [6.45, 7) is 3.46. The summed E-state index contributed by atoms with van der Waals surface area (Å²) < 4.78 is 0. The lowest BCUT2D eigenvalue weighted by Gasteiger charge is -2.35. The van der Waals surface area contributed by atoms with Crippen molar-refractivity contribution in [3.05, 3.63) is 29.8 Å². The first-order valence-electron chi connectivity index (χ1n) is 6.38. The van der Waals surface area contributed by atoms with Crippen molar-refractivity contribution >= 4 is 5.69 Å². The molecule has 0 atom stereocenters. The van der Waals surface area contributed by atoms with E-state index in [0.717, 1.165) is 18.3 Å². The fourth-order valence-corrected chi connectivity index (χ4v) is 2.48. The average Bonchev–Trinajstić information content (AvgIpc) is 2.33. The van der Waals surface area contributed by atoms with E-state index >= 15 is 0 Å². The number of nitrogens with zero attached hydrogens (tertiary/aromatic N) is 2. The number of hydrogen-bond donors (Lipinski definition) is 1. The molecule has 17 heavy (non-hydrogen) atoms. The molecule has 0 unspecified atom stereocenters. The van der Waals surface area contributed by atoms with Crippen molar-refractivity contribution < 1.29 is 0 Å². The molecule has 0 bridgehead atoms. The van der Waals surface area contributed by atoms with E-state index in [0.29, 0.717) is 0 Å². The number of piperidine rings is 1. The second-order valence-corrected chi connectivity index (χ2v) is 5.21. The van der Waals surface area contributed by atoms with Gasteiger partial charge in [0.15, 0.2) is 0 Å². The maximum atomic E-state index is 5.69. The topological polar surface area (TPSA) is 32.5 Å². The highest BCUT2D eigenvalue weighted by Gasteiger charge is 2.20. The Hall–Kier alpha value is -1.06. The van der Waals surface area contributed by atoms with Gasteiger partial charge in [-0.1, -0.05) is 12.1 Å². The van der Waals surface area contributed by atoms with Gasteiger partial charge < -0.3 is 10.6 Å². The average molecular weight is 233 g/mol. The van der Waals surface area contributed by atoms with Crippen LogP contribution in [0.4, 0.5) is 5.69 Å². The van der Waals surface area contributed by atoms with Crippen molar-refractivity contribution in [3.8, 4) is 0 Å². The van der Waals surface area contributed by atoms with Crippen LogP contribution < -0.4 is 5.73 Å². The third-order valence-corrected chi connectivity index (χ3v) is 3.67. The first-order valence-corrected chi connectivity index (χ1v) is 6.38. The number of rotatable bonds is 3. The van der Waals surface area contributed by atoms with E-state index in [1.54, 1.807) is 0 Å². The Morgan fingerprint density at radius 2 is 1.76 bits per heavy atom. The van der Waals surface area contributed by atoms with E-state index in [1.807, 2.05) is 12.1 Å². The van der Waals surface area contributed by atoms with Gasteiger partial charge in [-0.05, 0) is 57.7 Å². The first kappa shape index (κ1) is 12.4. The number of hydrogen-bond acceptors (Lipinski definition) is 3. The predicted octanol–water partition coefficient (Wildman–Crippen LogP) is 1.79. The van der Waals surface area contributed by atoms with Crippen LogP contribution in [0.2, 0.25) is 0 Å². The summed E-state index contributed by atoms with van der Waals surface area (Å²) in [5.41, 5.74) is 7.90. The van der Waals surface area contributed by atoms with Gasteiger partial charge in [0.1, 0.15) is 0 Å². The monoisotopic (exact) mass is 233 g/mol. The molecule has 1 aromatic rings. The number of benzene rings is 1. The lowest BCUT2D eigenvalue weighted by molar-refractivity contribution is 0.140. The summed E-state index contributed by atoms with van der Waals surface area (Å²) in [4.78, 5) is 4.88. The third kappa shape index (κ3) is 3.45. The van der Waals surface area contributed by atoms with Gasteiger partial charge in [-0.25, -0.2) is 0 Å². The van der Waals surface area contributed by atoms with Crippen molar-refractivity contribution in [3.63, 3.8) is 0 Å². The number of nitrogens with two attached hydrogens (primary N) is 1. The van der Waals surface area contributed by atoms with Crippen LogP contribution in [0.3, 0.4) is 0 Å². The van der Waals surface area contributed by atoms with E-state index in [9.17, 15) is 0 Å². The maximum absolute atomic E-state index is 5.69. The van der Waals surface area contributed by atoms with Crippen LogP contribution in [0.1, 0.15) is 18.4 Å². The number of anilines is 1. The minimum absolute atomic E-state index is 0.762.